The van der Waals surface area contributed by atoms with Gasteiger partial charge in [0.25, 0.3) is 0 Å². The van der Waals surface area contributed by atoms with Gasteiger partial charge in [0.15, 0.2) is 11.5 Å². The van der Waals surface area contributed by atoms with Crippen molar-refractivity contribution < 1.29 is 19.7 Å². The second-order valence-corrected chi connectivity index (χ2v) is 3.09. The van der Waals surface area contributed by atoms with E-state index in [1.54, 1.807) is 24.3 Å². The second kappa shape index (κ2) is 6.02. The highest BCUT2D eigenvalue weighted by molar-refractivity contribution is 5.61. The molecule has 0 amide bonds. The third-order valence-electron chi connectivity index (χ3n) is 2.00. The first-order valence-corrected chi connectivity index (χ1v) is 5.04. The zero-order valence-corrected chi connectivity index (χ0v) is 9.43. The lowest BCUT2D eigenvalue weighted by molar-refractivity contribution is 0.305. The van der Waals surface area contributed by atoms with Crippen LogP contribution < -0.4 is 9.47 Å². The Balaban J connectivity index is 3.11. The molecule has 4 nitrogen and oxygen atoms in total. The fourth-order valence-corrected chi connectivity index (χ4v) is 1.31. The van der Waals surface area contributed by atoms with Gasteiger partial charge in [0, 0.05) is 0 Å². The molecule has 88 valence electrons. The van der Waals surface area contributed by atoms with Gasteiger partial charge in [-0.25, -0.2) is 0 Å². The number of aliphatic hydroxyl groups excluding tert-OH is 1. The highest BCUT2D eigenvalue weighted by Gasteiger charge is 2.10. The Bertz CT molecular complexity index is 372. The number of aliphatic hydroxyl groups is 1. The van der Waals surface area contributed by atoms with Crippen LogP contribution in [0.2, 0.25) is 0 Å². The second-order valence-electron chi connectivity index (χ2n) is 3.09. The first-order chi connectivity index (χ1) is 7.72. The van der Waals surface area contributed by atoms with Gasteiger partial charge < -0.3 is 19.7 Å². The predicted octanol–water partition coefficient (Wildman–Crippen LogP) is 1.80. The Labute approximate surface area is 94.7 Å². The van der Waals surface area contributed by atoms with Crippen molar-refractivity contribution in [2.24, 2.45) is 0 Å². The Morgan fingerprint density at radius 3 is 2.56 bits per heavy atom. The molecule has 0 saturated carbocycles. The first kappa shape index (κ1) is 12.4. The van der Waals surface area contributed by atoms with Crippen molar-refractivity contribution >= 4 is 6.08 Å². The van der Waals surface area contributed by atoms with E-state index in [1.807, 2.05) is 6.92 Å². The molecule has 2 N–H and O–H groups in total. The number of aromatic hydroxyl groups is 1. The molecular formula is C12H16O4. The van der Waals surface area contributed by atoms with Crippen LogP contribution in [0.15, 0.2) is 18.2 Å². The minimum absolute atomic E-state index is 0.00880. The molecule has 0 aliphatic rings. The number of benzene rings is 1. The summed E-state index contributed by atoms with van der Waals surface area (Å²) in [6.07, 6.45) is 3.33. The summed E-state index contributed by atoms with van der Waals surface area (Å²) in [5.74, 6) is 0.716. The van der Waals surface area contributed by atoms with Gasteiger partial charge in [0.2, 0.25) is 5.75 Å². The largest absolute Gasteiger partial charge is 0.502 e. The Kier molecular flexibility index (Phi) is 4.66. The lowest BCUT2D eigenvalue weighted by Crippen LogP contribution is -1.94. The van der Waals surface area contributed by atoms with Crippen LogP contribution in [0.4, 0.5) is 0 Å². The fraction of sp³-hybridized carbons (Fsp3) is 0.333. The molecular weight excluding hydrogens is 208 g/mol. The maximum atomic E-state index is 9.75. The van der Waals surface area contributed by atoms with E-state index in [1.165, 1.54) is 7.11 Å². The molecule has 0 atom stereocenters. The van der Waals surface area contributed by atoms with Crippen molar-refractivity contribution in [3.05, 3.63) is 23.8 Å². The molecule has 0 aromatic heterocycles. The van der Waals surface area contributed by atoms with Crippen molar-refractivity contribution in [3.8, 4) is 17.2 Å². The van der Waals surface area contributed by atoms with Crippen LogP contribution >= 0.6 is 0 Å². The maximum absolute atomic E-state index is 9.75. The van der Waals surface area contributed by atoms with Gasteiger partial charge in [0.05, 0.1) is 20.3 Å². The zero-order chi connectivity index (χ0) is 12.0. The van der Waals surface area contributed by atoms with E-state index >= 15 is 0 Å². The van der Waals surface area contributed by atoms with Gasteiger partial charge in [-0.05, 0) is 24.6 Å². The van der Waals surface area contributed by atoms with Crippen molar-refractivity contribution in [2.45, 2.75) is 6.92 Å². The molecule has 16 heavy (non-hydrogen) atoms. The normalized spacial score (nSPS) is 10.7. The highest BCUT2D eigenvalue weighted by atomic mass is 16.5. The average Bonchev–Trinajstić information content (AvgIpc) is 2.30. The summed E-state index contributed by atoms with van der Waals surface area (Å²) < 4.78 is 10.3. The van der Waals surface area contributed by atoms with E-state index in [0.717, 1.165) is 5.56 Å². The summed E-state index contributed by atoms with van der Waals surface area (Å²) in [7, 11) is 1.48. The molecule has 0 saturated heterocycles. The monoisotopic (exact) mass is 224 g/mol. The number of hydrogen-bond donors (Lipinski definition) is 2. The van der Waals surface area contributed by atoms with Crippen molar-refractivity contribution in [3.63, 3.8) is 0 Å². The van der Waals surface area contributed by atoms with E-state index in [2.05, 4.69) is 0 Å². The number of phenolic OH excluding ortho intramolecular Hbond substituents is 1. The van der Waals surface area contributed by atoms with Gasteiger partial charge in [-0.15, -0.1) is 0 Å². The fourth-order valence-electron chi connectivity index (χ4n) is 1.31. The van der Waals surface area contributed by atoms with E-state index < -0.39 is 0 Å². The number of phenols is 1. The molecule has 0 unspecified atom stereocenters. The van der Waals surface area contributed by atoms with Gasteiger partial charge >= 0.3 is 0 Å². The van der Waals surface area contributed by atoms with Crippen LogP contribution in [0.3, 0.4) is 0 Å². The van der Waals surface area contributed by atoms with Gasteiger partial charge in [-0.3, -0.25) is 0 Å². The van der Waals surface area contributed by atoms with Crippen LogP contribution in [0.5, 0.6) is 17.2 Å². The van der Waals surface area contributed by atoms with Crippen LogP contribution in [0, 0.1) is 0 Å². The molecule has 1 aromatic rings. The quantitative estimate of drug-likeness (QED) is 0.800. The summed E-state index contributed by atoms with van der Waals surface area (Å²) in [6.45, 7) is 2.26. The Hall–Kier alpha value is -1.68. The highest BCUT2D eigenvalue weighted by Crippen LogP contribution is 2.37. The van der Waals surface area contributed by atoms with Crippen LogP contribution in [0.25, 0.3) is 6.08 Å². The number of ether oxygens (including phenoxy) is 2. The summed E-state index contributed by atoms with van der Waals surface area (Å²) in [5.41, 5.74) is 0.798. The van der Waals surface area contributed by atoms with Crippen molar-refractivity contribution in [1.29, 1.82) is 0 Å². The standard InChI is InChI=1S/C12H16O4/c1-3-16-11-8-9(5-4-6-13)7-10(15-2)12(11)14/h4-5,7-8,13-14H,3,6H2,1-2H3/b5-4+. The molecule has 1 rings (SSSR count). The summed E-state index contributed by atoms with van der Waals surface area (Å²) >= 11 is 0. The molecule has 0 bridgehead atoms. The summed E-state index contributed by atoms with van der Waals surface area (Å²) in [5, 5.41) is 18.4. The predicted molar refractivity (Wildman–Crippen MR) is 61.9 cm³/mol. The summed E-state index contributed by atoms with van der Waals surface area (Å²) in [4.78, 5) is 0. The molecule has 0 spiro atoms. The van der Waals surface area contributed by atoms with E-state index in [-0.39, 0.29) is 12.4 Å². The molecule has 1 aromatic carbocycles. The molecule has 0 aliphatic heterocycles. The van der Waals surface area contributed by atoms with Crippen molar-refractivity contribution in [2.75, 3.05) is 20.3 Å². The smallest absolute Gasteiger partial charge is 0.200 e. The lowest BCUT2D eigenvalue weighted by atomic mass is 10.1. The third-order valence-corrected chi connectivity index (χ3v) is 2.00. The van der Waals surface area contributed by atoms with Gasteiger partial charge in [0.1, 0.15) is 0 Å². The zero-order valence-electron chi connectivity index (χ0n) is 9.43. The van der Waals surface area contributed by atoms with Crippen LogP contribution in [0.1, 0.15) is 12.5 Å². The number of rotatable bonds is 5. The molecule has 0 heterocycles. The van der Waals surface area contributed by atoms with E-state index in [9.17, 15) is 5.11 Å². The van der Waals surface area contributed by atoms with Gasteiger partial charge in [-0.1, -0.05) is 12.2 Å². The lowest BCUT2D eigenvalue weighted by Gasteiger charge is -2.10. The van der Waals surface area contributed by atoms with Gasteiger partial charge in [-0.2, -0.15) is 0 Å². The maximum Gasteiger partial charge on any atom is 0.200 e. The molecule has 0 aliphatic carbocycles. The SMILES string of the molecule is CCOc1cc(/C=C/CO)cc(OC)c1O. The third kappa shape index (κ3) is 2.90. The summed E-state index contributed by atoms with van der Waals surface area (Å²) in [6, 6.07) is 3.36. The Morgan fingerprint density at radius 2 is 2.00 bits per heavy atom. The van der Waals surface area contributed by atoms with Crippen molar-refractivity contribution in [1.82, 2.24) is 0 Å². The van der Waals surface area contributed by atoms with Crippen LogP contribution in [-0.4, -0.2) is 30.5 Å². The molecule has 4 heteroatoms. The average molecular weight is 224 g/mol. The van der Waals surface area contributed by atoms with E-state index in [4.69, 9.17) is 14.6 Å². The topological polar surface area (TPSA) is 58.9 Å². The molecule has 0 radical (unpaired) electrons. The Morgan fingerprint density at radius 1 is 1.31 bits per heavy atom. The first-order valence-electron chi connectivity index (χ1n) is 5.04. The van der Waals surface area contributed by atoms with Crippen LogP contribution in [-0.2, 0) is 0 Å². The number of hydrogen-bond acceptors (Lipinski definition) is 4. The minimum atomic E-state index is -0.0346. The molecule has 0 fully saturated rings. The number of methoxy groups -OCH3 is 1. The minimum Gasteiger partial charge on any atom is -0.502 e. The van der Waals surface area contributed by atoms with E-state index in [0.29, 0.717) is 18.1 Å².